The zero-order chi connectivity index (χ0) is 14.5. The van der Waals surface area contributed by atoms with Crippen molar-refractivity contribution in [3.8, 4) is 0 Å². The second kappa shape index (κ2) is 6.86. The highest BCUT2D eigenvalue weighted by Crippen LogP contribution is 2.15. The summed E-state index contributed by atoms with van der Waals surface area (Å²) in [6.07, 6.45) is 0.941. The van der Waals surface area contributed by atoms with Crippen molar-refractivity contribution in [2.75, 3.05) is 26.2 Å². The van der Waals surface area contributed by atoms with E-state index in [4.69, 9.17) is 4.74 Å². The van der Waals surface area contributed by atoms with E-state index in [1.54, 1.807) is 4.90 Å². The molecule has 1 unspecified atom stereocenters. The maximum absolute atomic E-state index is 12.1. The monoisotopic (exact) mass is 272 g/mol. The summed E-state index contributed by atoms with van der Waals surface area (Å²) in [6, 6.07) is 0. The van der Waals surface area contributed by atoms with Gasteiger partial charge < -0.3 is 14.7 Å². The highest BCUT2D eigenvalue weighted by Gasteiger charge is 2.35. The van der Waals surface area contributed by atoms with E-state index in [1.807, 2.05) is 20.8 Å². The molecule has 1 aliphatic heterocycles. The molecule has 1 atom stereocenters. The molecule has 0 aromatic rings. The van der Waals surface area contributed by atoms with Gasteiger partial charge in [0.05, 0.1) is 19.3 Å². The topological polar surface area (TPSA) is 78.9 Å². The molecule has 19 heavy (non-hydrogen) atoms. The quantitative estimate of drug-likeness (QED) is 0.734. The van der Waals surface area contributed by atoms with Crippen molar-refractivity contribution >= 4 is 11.9 Å². The van der Waals surface area contributed by atoms with Gasteiger partial charge in [-0.05, 0) is 19.8 Å². The lowest BCUT2D eigenvalue weighted by Gasteiger charge is -2.33. The third-order valence-corrected chi connectivity index (χ3v) is 3.79. The fraction of sp³-hybridized carbons (Fsp3) is 0.846. The number of carboxylic acid groups (broad SMARTS) is 1. The molecular formula is C13H24N2O4. The first-order chi connectivity index (χ1) is 8.95. The van der Waals surface area contributed by atoms with Crippen LogP contribution in [0.25, 0.3) is 0 Å². The van der Waals surface area contributed by atoms with Gasteiger partial charge in [-0.3, -0.25) is 14.9 Å². The van der Waals surface area contributed by atoms with Crippen LogP contribution in [0.3, 0.4) is 0 Å². The van der Waals surface area contributed by atoms with Gasteiger partial charge in [-0.2, -0.15) is 0 Å². The Bertz CT molecular complexity index is 329. The van der Waals surface area contributed by atoms with Gasteiger partial charge in [0.2, 0.25) is 5.91 Å². The number of nitrogens with zero attached hydrogens (tertiary/aromatic N) is 1. The molecule has 0 aliphatic carbocycles. The van der Waals surface area contributed by atoms with Crippen LogP contribution in [0, 0.1) is 0 Å². The highest BCUT2D eigenvalue weighted by atomic mass is 16.5. The lowest BCUT2D eigenvalue weighted by atomic mass is 9.93. The number of carboxylic acids is 1. The molecule has 6 heteroatoms. The fourth-order valence-corrected chi connectivity index (χ4v) is 2.28. The number of rotatable bonds is 6. The van der Waals surface area contributed by atoms with Crippen LogP contribution in [0.1, 0.15) is 33.6 Å². The van der Waals surface area contributed by atoms with Gasteiger partial charge in [-0.25, -0.2) is 0 Å². The van der Waals surface area contributed by atoms with Crippen LogP contribution in [0.15, 0.2) is 0 Å². The van der Waals surface area contributed by atoms with Gasteiger partial charge in [0, 0.05) is 13.1 Å². The summed E-state index contributed by atoms with van der Waals surface area (Å²) < 4.78 is 5.38. The lowest BCUT2D eigenvalue weighted by Crippen LogP contribution is -2.55. The van der Waals surface area contributed by atoms with Crippen molar-refractivity contribution in [2.45, 2.75) is 45.3 Å². The van der Waals surface area contributed by atoms with Gasteiger partial charge in [-0.1, -0.05) is 13.8 Å². The third kappa shape index (κ3) is 3.91. The van der Waals surface area contributed by atoms with Crippen LogP contribution in [-0.4, -0.2) is 59.8 Å². The molecule has 0 aromatic carbocycles. The molecular weight excluding hydrogens is 248 g/mol. The molecule has 1 heterocycles. The van der Waals surface area contributed by atoms with Gasteiger partial charge in [0.15, 0.2) is 0 Å². The molecule has 0 bridgehead atoms. The Balaban J connectivity index is 2.54. The average molecular weight is 272 g/mol. The second-order valence-electron chi connectivity index (χ2n) is 4.97. The van der Waals surface area contributed by atoms with Crippen molar-refractivity contribution in [3.05, 3.63) is 0 Å². The van der Waals surface area contributed by atoms with Crippen LogP contribution in [0.2, 0.25) is 0 Å². The fourth-order valence-electron chi connectivity index (χ4n) is 2.28. The van der Waals surface area contributed by atoms with Crippen molar-refractivity contribution < 1.29 is 19.4 Å². The van der Waals surface area contributed by atoms with Gasteiger partial charge >= 0.3 is 5.97 Å². The van der Waals surface area contributed by atoms with Crippen molar-refractivity contribution in [2.24, 2.45) is 0 Å². The number of ether oxygens (including phenoxy) is 1. The molecule has 0 saturated carbocycles. The van der Waals surface area contributed by atoms with Crippen LogP contribution in [-0.2, 0) is 14.3 Å². The molecule has 1 amide bonds. The van der Waals surface area contributed by atoms with E-state index in [-0.39, 0.29) is 18.6 Å². The van der Waals surface area contributed by atoms with Gasteiger partial charge in [0.1, 0.15) is 5.54 Å². The van der Waals surface area contributed by atoms with Crippen molar-refractivity contribution in [1.82, 2.24) is 10.2 Å². The third-order valence-electron chi connectivity index (χ3n) is 3.79. The van der Waals surface area contributed by atoms with E-state index < -0.39 is 11.5 Å². The first-order valence-electron chi connectivity index (χ1n) is 6.83. The van der Waals surface area contributed by atoms with Crippen LogP contribution < -0.4 is 5.32 Å². The summed E-state index contributed by atoms with van der Waals surface area (Å²) >= 11 is 0. The predicted octanol–water partition coefficient (Wildman–Crippen LogP) is 0.467. The summed E-state index contributed by atoms with van der Waals surface area (Å²) in [6.45, 7) is 7.28. The Morgan fingerprint density at radius 3 is 2.53 bits per heavy atom. The number of hydrogen-bond donors (Lipinski definition) is 2. The molecule has 0 spiro atoms. The molecule has 1 saturated heterocycles. The van der Waals surface area contributed by atoms with Crippen molar-refractivity contribution in [3.63, 3.8) is 0 Å². The summed E-state index contributed by atoms with van der Waals surface area (Å²) in [4.78, 5) is 25.1. The van der Waals surface area contributed by atoms with Gasteiger partial charge in [-0.15, -0.1) is 0 Å². The van der Waals surface area contributed by atoms with E-state index in [0.29, 0.717) is 32.5 Å². The van der Waals surface area contributed by atoms with Crippen LogP contribution >= 0.6 is 0 Å². The number of carbonyl (C=O) groups is 2. The Morgan fingerprint density at radius 2 is 2.05 bits per heavy atom. The molecule has 0 radical (unpaired) electrons. The second-order valence-corrected chi connectivity index (χ2v) is 4.97. The standard InChI is InChI=1S/C13H24N2O4/c1-4-13(5-2,12(17)18)14-8-11(16)15-6-7-19-10(3)9-15/h10,14H,4-9H2,1-3H3,(H,17,18). The summed E-state index contributed by atoms with van der Waals surface area (Å²) in [7, 11) is 0. The Labute approximate surface area is 114 Å². The zero-order valence-corrected chi connectivity index (χ0v) is 11.9. The van der Waals surface area contributed by atoms with E-state index in [2.05, 4.69) is 5.32 Å². The Morgan fingerprint density at radius 1 is 1.42 bits per heavy atom. The molecule has 2 N–H and O–H groups in total. The summed E-state index contributed by atoms with van der Waals surface area (Å²) in [5, 5.41) is 12.2. The number of hydrogen-bond acceptors (Lipinski definition) is 4. The molecule has 110 valence electrons. The molecule has 1 aliphatic rings. The number of morpholine rings is 1. The maximum atomic E-state index is 12.1. The number of amides is 1. The minimum absolute atomic E-state index is 0.0410. The van der Waals surface area contributed by atoms with Crippen LogP contribution in [0.5, 0.6) is 0 Å². The first-order valence-corrected chi connectivity index (χ1v) is 6.83. The zero-order valence-electron chi connectivity index (χ0n) is 11.9. The van der Waals surface area contributed by atoms with Crippen LogP contribution in [0.4, 0.5) is 0 Å². The smallest absolute Gasteiger partial charge is 0.323 e. The molecule has 1 fully saturated rings. The summed E-state index contributed by atoms with van der Waals surface area (Å²) in [5.74, 6) is -0.969. The molecule has 6 nitrogen and oxygen atoms in total. The summed E-state index contributed by atoms with van der Waals surface area (Å²) in [5.41, 5.74) is -1.01. The number of aliphatic carboxylic acids is 1. The SMILES string of the molecule is CCC(CC)(NCC(=O)N1CCOC(C)C1)C(=O)O. The largest absolute Gasteiger partial charge is 0.480 e. The molecule has 0 aromatic heterocycles. The van der Waals surface area contributed by atoms with E-state index in [9.17, 15) is 14.7 Å². The normalized spacial score (nSPS) is 20.4. The first kappa shape index (κ1) is 15.9. The lowest BCUT2D eigenvalue weighted by molar-refractivity contribution is -0.146. The number of nitrogens with one attached hydrogen (secondary N) is 1. The predicted molar refractivity (Wildman–Crippen MR) is 70.9 cm³/mol. The Kier molecular flexibility index (Phi) is 5.75. The van der Waals surface area contributed by atoms with E-state index >= 15 is 0 Å². The minimum atomic E-state index is -1.01. The number of carbonyl (C=O) groups excluding carboxylic acids is 1. The Hall–Kier alpha value is -1.14. The van der Waals surface area contributed by atoms with E-state index in [1.165, 1.54) is 0 Å². The highest BCUT2D eigenvalue weighted by molar-refractivity contribution is 5.82. The minimum Gasteiger partial charge on any atom is -0.480 e. The molecule has 1 rings (SSSR count). The van der Waals surface area contributed by atoms with Crippen molar-refractivity contribution in [1.29, 1.82) is 0 Å². The average Bonchev–Trinajstić information content (AvgIpc) is 2.40. The maximum Gasteiger partial charge on any atom is 0.323 e. The van der Waals surface area contributed by atoms with Gasteiger partial charge in [0.25, 0.3) is 0 Å². The van der Waals surface area contributed by atoms with E-state index in [0.717, 1.165) is 0 Å².